The molecule has 0 aromatic carbocycles. The first-order chi connectivity index (χ1) is 11.8. The van der Waals surface area contributed by atoms with Crippen LogP contribution in [0.5, 0.6) is 0 Å². The van der Waals surface area contributed by atoms with Crippen molar-refractivity contribution in [1.29, 1.82) is 0 Å². The predicted molar refractivity (Wildman–Crippen MR) is 97.5 cm³/mol. The molecule has 3 N–H and O–H groups in total. The van der Waals surface area contributed by atoms with Gasteiger partial charge in [-0.3, -0.25) is 0 Å². The Balaban J connectivity index is 1.69. The summed E-state index contributed by atoms with van der Waals surface area (Å²) in [5, 5.41) is 33.7. The van der Waals surface area contributed by atoms with Crippen LogP contribution in [0.15, 0.2) is 28.5 Å². The van der Waals surface area contributed by atoms with Gasteiger partial charge in [-0.1, -0.05) is 36.7 Å². The molecule has 138 valence electrons. The van der Waals surface area contributed by atoms with Crippen molar-refractivity contribution in [3.63, 3.8) is 0 Å². The van der Waals surface area contributed by atoms with Gasteiger partial charge in [0.15, 0.2) is 0 Å². The van der Waals surface area contributed by atoms with Crippen molar-refractivity contribution in [1.82, 2.24) is 0 Å². The number of aliphatic hydroxyl groups is 2. The molecule has 0 heterocycles. The van der Waals surface area contributed by atoms with Gasteiger partial charge in [0, 0.05) is 11.8 Å². The fourth-order valence-corrected chi connectivity index (χ4v) is 6.88. The zero-order valence-corrected chi connectivity index (χ0v) is 15.6. The van der Waals surface area contributed by atoms with Gasteiger partial charge in [-0.15, -0.1) is 0 Å². The van der Waals surface area contributed by atoms with E-state index in [1.165, 1.54) is 11.1 Å². The van der Waals surface area contributed by atoms with Crippen LogP contribution in [0, 0.1) is 28.6 Å². The maximum absolute atomic E-state index is 10.9. The summed E-state index contributed by atoms with van der Waals surface area (Å²) in [7, 11) is 0. The van der Waals surface area contributed by atoms with Crippen molar-refractivity contribution in [2.24, 2.45) is 33.7 Å². The molecule has 0 radical (unpaired) electrons. The fraction of sp³-hybridized carbons (Fsp3) is 0.762. The molecule has 0 unspecified atom stereocenters. The number of hydrogen-bond donors (Lipinski definition) is 3. The van der Waals surface area contributed by atoms with E-state index in [-0.39, 0.29) is 10.8 Å². The summed E-state index contributed by atoms with van der Waals surface area (Å²) in [6, 6.07) is 0. The predicted octanol–water partition coefficient (Wildman–Crippen LogP) is 3.67. The second-order valence-corrected chi connectivity index (χ2v) is 9.23. The summed E-state index contributed by atoms with van der Waals surface area (Å²) in [6.07, 6.45) is 9.23. The van der Waals surface area contributed by atoms with Crippen molar-refractivity contribution in [2.75, 3.05) is 0 Å². The van der Waals surface area contributed by atoms with Crippen molar-refractivity contribution in [3.05, 3.63) is 23.3 Å². The average Bonchev–Trinajstić information content (AvgIpc) is 2.93. The van der Waals surface area contributed by atoms with Gasteiger partial charge >= 0.3 is 0 Å². The lowest BCUT2D eigenvalue weighted by Crippen LogP contribution is -2.55. The highest BCUT2D eigenvalue weighted by atomic mass is 16.4. The lowest BCUT2D eigenvalue weighted by molar-refractivity contribution is -0.0959. The highest BCUT2D eigenvalue weighted by Crippen LogP contribution is 2.65. The summed E-state index contributed by atoms with van der Waals surface area (Å²) in [5.41, 5.74) is 3.15. The molecule has 0 aromatic heterocycles. The molecule has 0 aromatic rings. The summed E-state index contributed by atoms with van der Waals surface area (Å²) in [5.74, 6) is 1.58. The monoisotopic (exact) mass is 345 g/mol. The third-order valence-corrected chi connectivity index (χ3v) is 8.30. The largest absolute Gasteiger partial charge is 0.411 e. The Labute approximate surface area is 150 Å². The van der Waals surface area contributed by atoms with E-state index in [1.54, 1.807) is 0 Å². The molecule has 25 heavy (non-hydrogen) atoms. The highest BCUT2D eigenvalue weighted by molar-refractivity contribution is 5.99. The van der Waals surface area contributed by atoms with Gasteiger partial charge < -0.3 is 15.4 Å². The first-order valence-corrected chi connectivity index (χ1v) is 9.77. The molecule has 2 fully saturated rings. The minimum absolute atomic E-state index is 0.0817. The lowest BCUT2D eigenvalue weighted by atomic mass is 9.46. The molecule has 0 aliphatic heterocycles. The standard InChI is InChI=1S/C21H31NO3/c1-12(22-25)16-6-7-17-15-5-4-13-10-14(23)11-19(24)21(13,3)18(15)8-9-20(16,17)2/h4,6,14-15,17-19,23-25H,5,7-11H2,1-3H3/b22-12+/t14-,15-,17-,18-,19-,20-,21+/m1/s1. The van der Waals surface area contributed by atoms with E-state index in [1.807, 2.05) is 6.92 Å². The Hall–Kier alpha value is -1.13. The minimum atomic E-state index is -0.450. The Bertz CT molecular complexity index is 666. The van der Waals surface area contributed by atoms with E-state index in [4.69, 9.17) is 0 Å². The number of fused-ring (bicyclic) bond motifs is 5. The Morgan fingerprint density at radius 3 is 2.64 bits per heavy atom. The van der Waals surface area contributed by atoms with Gasteiger partial charge in [0.1, 0.15) is 0 Å². The quantitative estimate of drug-likeness (QED) is 0.294. The molecule has 4 aliphatic rings. The summed E-state index contributed by atoms with van der Waals surface area (Å²) >= 11 is 0. The van der Waals surface area contributed by atoms with E-state index in [9.17, 15) is 15.4 Å². The molecule has 0 spiro atoms. The van der Waals surface area contributed by atoms with Gasteiger partial charge in [-0.25, -0.2) is 0 Å². The number of oxime groups is 1. The van der Waals surface area contributed by atoms with Crippen LogP contribution < -0.4 is 0 Å². The molecule has 0 saturated heterocycles. The van der Waals surface area contributed by atoms with Crippen LogP contribution in [0.2, 0.25) is 0 Å². The van der Waals surface area contributed by atoms with Gasteiger partial charge in [-0.2, -0.15) is 0 Å². The van der Waals surface area contributed by atoms with E-state index in [2.05, 4.69) is 31.2 Å². The summed E-state index contributed by atoms with van der Waals surface area (Å²) in [4.78, 5) is 0. The zero-order valence-electron chi connectivity index (χ0n) is 15.6. The van der Waals surface area contributed by atoms with Crippen LogP contribution in [0.25, 0.3) is 0 Å². The molecule has 4 rings (SSSR count). The first-order valence-electron chi connectivity index (χ1n) is 9.77. The number of allylic oxidation sites excluding steroid dienone is 3. The van der Waals surface area contributed by atoms with Crippen LogP contribution in [-0.2, 0) is 0 Å². The van der Waals surface area contributed by atoms with Crippen LogP contribution in [-0.4, -0.2) is 33.3 Å². The van der Waals surface area contributed by atoms with Crippen molar-refractivity contribution in [2.45, 2.75) is 71.5 Å². The third-order valence-electron chi connectivity index (χ3n) is 8.30. The van der Waals surface area contributed by atoms with Gasteiger partial charge in [0.2, 0.25) is 0 Å². The molecule has 0 amide bonds. The highest BCUT2D eigenvalue weighted by Gasteiger charge is 2.59. The summed E-state index contributed by atoms with van der Waals surface area (Å²) < 4.78 is 0. The van der Waals surface area contributed by atoms with Crippen LogP contribution in [0.3, 0.4) is 0 Å². The maximum Gasteiger partial charge on any atom is 0.0799 e. The molecule has 2 saturated carbocycles. The molecule has 4 aliphatic carbocycles. The molecule has 4 nitrogen and oxygen atoms in total. The number of hydrogen-bond acceptors (Lipinski definition) is 4. The Morgan fingerprint density at radius 2 is 1.92 bits per heavy atom. The van der Waals surface area contributed by atoms with E-state index < -0.39 is 12.2 Å². The van der Waals surface area contributed by atoms with Crippen LogP contribution >= 0.6 is 0 Å². The number of nitrogens with zero attached hydrogens (tertiary/aromatic N) is 1. The third kappa shape index (κ3) is 2.23. The van der Waals surface area contributed by atoms with Crippen molar-refractivity contribution in [3.8, 4) is 0 Å². The second-order valence-electron chi connectivity index (χ2n) is 9.23. The normalized spacial score (nSPS) is 49.6. The Kier molecular flexibility index (Phi) is 3.93. The van der Waals surface area contributed by atoms with Crippen molar-refractivity contribution < 1.29 is 15.4 Å². The number of aliphatic hydroxyl groups excluding tert-OH is 2. The minimum Gasteiger partial charge on any atom is -0.411 e. The maximum atomic E-state index is 10.9. The Morgan fingerprint density at radius 1 is 1.16 bits per heavy atom. The molecule has 7 atom stereocenters. The zero-order chi connectivity index (χ0) is 18.0. The molecular formula is C21H31NO3. The van der Waals surface area contributed by atoms with Gasteiger partial charge in [-0.05, 0) is 67.8 Å². The molecule has 0 bridgehead atoms. The number of rotatable bonds is 1. The SMILES string of the molecule is C/C(=N\O)C1=CC[C@@H]2[C@H]3CC=C4C[C@@H](O)C[C@@H](O)[C@]4(C)[C@@H]3CC[C@]12C. The lowest BCUT2D eigenvalue weighted by Gasteiger charge is -2.59. The van der Waals surface area contributed by atoms with Crippen LogP contribution in [0.4, 0.5) is 0 Å². The van der Waals surface area contributed by atoms with E-state index in [0.717, 1.165) is 37.8 Å². The van der Waals surface area contributed by atoms with E-state index in [0.29, 0.717) is 24.2 Å². The van der Waals surface area contributed by atoms with Gasteiger partial charge in [0.05, 0.1) is 17.9 Å². The molecule has 4 heteroatoms. The molecular weight excluding hydrogens is 314 g/mol. The summed E-state index contributed by atoms with van der Waals surface area (Å²) in [6.45, 7) is 6.47. The fourth-order valence-electron chi connectivity index (χ4n) is 6.88. The average molecular weight is 345 g/mol. The second kappa shape index (κ2) is 5.68. The topological polar surface area (TPSA) is 73.1 Å². The van der Waals surface area contributed by atoms with Gasteiger partial charge in [0.25, 0.3) is 0 Å². The smallest absolute Gasteiger partial charge is 0.0799 e. The van der Waals surface area contributed by atoms with Crippen molar-refractivity contribution >= 4 is 5.71 Å². The van der Waals surface area contributed by atoms with Crippen LogP contribution in [0.1, 0.15) is 59.3 Å². The first kappa shape index (κ1) is 17.3. The van der Waals surface area contributed by atoms with E-state index >= 15 is 0 Å².